The molecule has 0 aliphatic rings. The normalized spacial score (nSPS) is 12.4. The minimum atomic E-state index is -0.162. The molecule has 0 amide bonds. The van der Waals surface area contributed by atoms with Crippen LogP contribution in [0, 0.1) is 12.7 Å². The van der Waals surface area contributed by atoms with Crippen LogP contribution in [0.5, 0.6) is 0 Å². The van der Waals surface area contributed by atoms with Gasteiger partial charge in [0.2, 0.25) is 0 Å². The van der Waals surface area contributed by atoms with Crippen molar-refractivity contribution in [2.45, 2.75) is 17.9 Å². The molecule has 100 valence electrons. The average molecular weight is 276 g/mol. The number of thioether (sulfide) groups is 1. The highest BCUT2D eigenvalue weighted by atomic mass is 32.2. The summed E-state index contributed by atoms with van der Waals surface area (Å²) in [6, 6.07) is 9.02. The van der Waals surface area contributed by atoms with Crippen molar-refractivity contribution in [2.75, 3.05) is 12.8 Å². The second-order valence-corrected chi connectivity index (χ2v) is 5.38. The van der Waals surface area contributed by atoms with Crippen molar-refractivity contribution in [1.82, 2.24) is 10.3 Å². The van der Waals surface area contributed by atoms with E-state index in [9.17, 15) is 4.39 Å². The molecule has 0 radical (unpaired) electrons. The van der Waals surface area contributed by atoms with E-state index in [1.54, 1.807) is 12.3 Å². The molecule has 0 aliphatic carbocycles. The lowest BCUT2D eigenvalue weighted by Crippen LogP contribution is -2.20. The topological polar surface area (TPSA) is 24.9 Å². The van der Waals surface area contributed by atoms with Gasteiger partial charge in [-0.3, -0.25) is 4.98 Å². The number of pyridine rings is 1. The number of halogens is 1. The Morgan fingerprint density at radius 2 is 2.11 bits per heavy atom. The quantitative estimate of drug-likeness (QED) is 0.845. The zero-order valence-corrected chi connectivity index (χ0v) is 11.9. The molecule has 4 heteroatoms. The summed E-state index contributed by atoms with van der Waals surface area (Å²) in [5, 5.41) is 3.27. The van der Waals surface area contributed by atoms with E-state index < -0.39 is 0 Å². The van der Waals surface area contributed by atoms with Crippen molar-refractivity contribution >= 4 is 11.8 Å². The lowest BCUT2D eigenvalue weighted by atomic mass is 10.1. The van der Waals surface area contributed by atoms with Crippen molar-refractivity contribution < 1.29 is 4.39 Å². The molecule has 1 heterocycles. The Kier molecular flexibility index (Phi) is 4.93. The smallest absolute Gasteiger partial charge is 0.136 e. The first-order valence-corrected chi connectivity index (χ1v) is 7.16. The zero-order chi connectivity index (χ0) is 13.7. The maximum absolute atomic E-state index is 13.6. The van der Waals surface area contributed by atoms with E-state index >= 15 is 0 Å². The number of hydrogen-bond donors (Lipinski definition) is 1. The summed E-state index contributed by atoms with van der Waals surface area (Å²) >= 11 is 1.52. The first-order valence-electron chi connectivity index (χ1n) is 6.17. The van der Waals surface area contributed by atoms with E-state index in [-0.39, 0.29) is 11.9 Å². The second kappa shape index (κ2) is 6.68. The van der Waals surface area contributed by atoms with Crippen LogP contribution in [0.4, 0.5) is 4.39 Å². The molecule has 1 atom stereocenters. The Hall–Kier alpha value is -1.39. The Morgan fingerprint density at radius 3 is 2.79 bits per heavy atom. The molecule has 19 heavy (non-hydrogen) atoms. The van der Waals surface area contributed by atoms with Crippen LogP contribution in [0.15, 0.2) is 47.6 Å². The largest absolute Gasteiger partial charge is 0.312 e. The van der Waals surface area contributed by atoms with Crippen LogP contribution in [-0.2, 0) is 0 Å². The number of hydrogen-bond acceptors (Lipinski definition) is 3. The van der Waals surface area contributed by atoms with Crippen LogP contribution in [0.1, 0.15) is 17.2 Å². The molecule has 1 aromatic carbocycles. The van der Waals surface area contributed by atoms with E-state index in [0.29, 0.717) is 4.90 Å². The Balaban J connectivity index is 2.09. The van der Waals surface area contributed by atoms with Crippen LogP contribution < -0.4 is 5.32 Å². The van der Waals surface area contributed by atoms with E-state index in [4.69, 9.17) is 0 Å². The predicted molar refractivity (Wildman–Crippen MR) is 77.9 cm³/mol. The summed E-state index contributed by atoms with van der Waals surface area (Å²) in [6.07, 6.45) is 3.66. The molecule has 0 spiro atoms. The first-order chi connectivity index (χ1) is 9.22. The molecule has 0 aliphatic heterocycles. The number of nitrogens with zero attached hydrogens (tertiary/aromatic N) is 1. The summed E-state index contributed by atoms with van der Waals surface area (Å²) in [7, 11) is 1.92. The molecule has 2 aromatic rings. The van der Waals surface area contributed by atoms with Gasteiger partial charge in [0.1, 0.15) is 5.82 Å². The molecular formula is C15H17FN2S. The lowest BCUT2D eigenvalue weighted by molar-refractivity contribution is 0.600. The molecule has 0 saturated carbocycles. The summed E-state index contributed by atoms with van der Waals surface area (Å²) < 4.78 is 13.6. The Morgan fingerprint density at radius 1 is 1.32 bits per heavy atom. The van der Waals surface area contributed by atoms with Gasteiger partial charge in [-0.1, -0.05) is 12.1 Å². The van der Waals surface area contributed by atoms with Gasteiger partial charge in [0.05, 0.1) is 0 Å². The van der Waals surface area contributed by atoms with Crippen LogP contribution in [-0.4, -0.2) is 17.8 Å². The third-order valence-corrected chi connectivity index (χ3v) is 4.19. The van der Waals surface area contributed by atoms with E-state index in [1.165, 1.54) is 23.4 Å². The highest BCUT2D eigenvalue weighted by molar-refractivity contribution is 7.99. The fourth-order valence-electron chi connectivity index (χ4n) is 1.90. The van der Waals surface area contributed by atoms with Crippen molar-refractivity contribution in [1.29, 1.82) is 0 Å². The Bertz CT molecular complexity index is 545. The van der Waals surface area contributed by atoms with Gasteiger partial charge in [0.15, 0.2) is 0 Å². The van der Waals surface area contributed by atoms with Gasteiger partial charge < -0.3 is 5.32 Å². The molecule has 2 nitrogen and oxygen atoms in total. The molecule has 0 saturated heterocycles. The van der Waals surface area contributed by atoms with Gasteiger partial charge >= 0.3 is 0 Å². The standard InChI is InChI=1S/C15H17FN2S/c1-11-7-8-18-9-12(11)14(17-2)10-19-15-6-4-3-5-13(15)16/h3-9,14,17H,10H2,1-2H3. The third kappa shape index (κ3) is 3.55. The minimum Gasteiger partial charge on any atom is -0.312 e. The summed E-state index contributed by atoms with van der Waals surface area (Å²) in [5.74, 6) is 0.606. The Labute approximate surface area is 117 Å². The van der Waals surface area contributed by atoms with Crippen LogP contribution in [0.3, 0.4) is 0 Å². The number of nitrogens with one attached hydrogen (secondary N) is 1. The van der Waals surface area contributed by atoms with Gasteiger partial charge in [-0.05, 0) is 43.3 Å². The lowest BCUT2D eigenvalue weighted by Gasteiger charge is -2.18. The van der Waals surface area contributed by atoms with E-state index in [0.717, 1.165) is 11.3 Å². The average Bonchev–Trinajstić information content (AvgIpc) is 2.43. The molecule has 1 N–H and O–H groups in total. The third-order valence-electron chi connectivity index (χ3n) is 3.05. The summed E-state index contributed by atoms with van der Waals surface area (Å²) in [6.45, 7) is 2.06. The van der Waals surface area contributed by atoms with Crippen molar-refractivity contribution in [3.05, 3.63) is 59.7 Å². The summed E-state index contributed by atoms with van der Waals surface area (Å²) in [4.78, 5) is 4.85. The first kappa shape index (κ1) is 14.0. The predicted octanol–water partition coefficient (Wildman–Crippen LogP) is 3.58. The zero-order valence-electron chi connectivity index (χ0n) is 11.1. The van der Waals surface area contributed by atoms with Crippen LogP contribution in [0.25, 0.3) is 0 Å². The molecule has 1 unspecified atom stereocenters. The van der Waals surface area contributed by atoms with Crippen LogP contribution in [0.2, 0.25) is 0 Å². The number of aryl methyl sites for hydroxylation is 1. The van der Waals surface area contributed by atoms with E-state index in [1.807, 2.05) is 31.4 Å². The molecular weight excluding hydrogens is 259 g/mol. The molecule has 0 bridgehead atoms. The fraction of sp³-hybridized carbons (Fsp3) is 0.267. The molecule has 2 rings (SSSR count). The van der Waals surface area contributed by atoms with Gasteiger partial charge in [-0.15, -0.1) is 11.8 Å². The highest BCUT2D eigenvalue weighted by Gasteiger charge is 2.13. The number of benzene rings is 1. The van der Waals surface area contributed by atoms with E-state index in [2.05, 4.69) is 17.2 Å². The highest BCUT2D eigenvalue weighted by Crippen LogP contribution is 2.27. The van der Waals surface area contributed by atoms with Gasteiger partial charge in [-0.2, -0.15) is 0 Å². The van der Waals surface area contributed by atoms with Crippen LogP contribution >= 0.6 is 11.8 Å². The molecule has 0 fully saturated rings. The monoisotopic (exact) mass is 276 g/mol. The second-order valence-electron chi connectivity index (χ2n) is 4.31. The van der Waals surface area contributed by atoms with Crippen molar-refractivity contribution in [3.8, 4) is 0 Å². The van der Waals surface area contributed by atoms with Gasteiger partial charge in [-0.25, -0.2) is 4.39 Å². The maximum atomic E-state index is 13.6. The van der Waals surface area contributed by atoms with Gasteiger partial charge in [0, 0.05) is 29.1 Å². The summed E-state index contributed by atoms with van der Waals surface area (Å²) in [5.41, 5.74) is 2.36. The minimum absolute atomic E-state index is 0.162. The maximum Gasteiger partial charge on any atom is 0.136 e. The van der Waals surface area contributed by atoms with Gasteiger partial charge in [0.25, 0.3) is 0 Å². The number of rotatable bonds is 5. The number of aromatic nitrogens is 1. The van der Waals surface area contributed by atoms with Crippen molar-refractivity contribution in [3.63, 3.8) is 0 Å². The SMILES string of the molecule is CNC(CSc1ccccc1F)c1cnccc1C. The van der Waals surface area contributed by atoms with Crippen molar-refractivity contribution in [2.24, 2.45) is 0 Å². The molecule has 1 aromatic heterocycles. The fourth-order valence-corrected chi connectivity index (χ4v) is 2.98.